The molecule has 1 aliphatic heterocycles. The topological polar surface area (TPSA) is 87.1 Å². The number of phenolic OH excluding ortho intramolecular Hbond substituents is 2. The molecule has 0 bridgehead atoms. The minimum absolute atomic E-state index is 0.0104. The molecule has 0 radical (unpaired) electrons. The number of likely N-dealkylation sites (tertiary alicyclic amines) is 1. The van der Waals surface area contributed by atoms with E-state index in [0.717, 1.165) is 33.4 Å². The molecule has 1 amide bonds. The second kappa shape index (κ2) is 10.8. The highest BCUT2D eigenvalue weighted by molar-refractivity contribution is 7.22. The van der Waals surface area contributed by atoms with Gasteiger partial charge in [0.1, 0.15) is 23.4 Å². The van der Waals surface area contributed by atoms with Crippen LogP contribution in [-0.2, 0) is 4.79 Å². The Morgan fingerprint density at radius 3 is 2.30 bits per heavy atom. The number of thiophene rings is 1. The summed E-state index contributed by atoms with van der Waals surface area (Å²) in [6.45, 7) is 1.30. The lowest BCUT2D eigenvalue weighted by atomic mass is 9.97. The number of halogens is 1. The van der Waals surface area contributed by atoms with Crippen LogP contribution in [-0.4, -0.2) is 51.9 Å². The molecule has 1 aliphatic rings. The van der Waals surface area contributed by atoms with Crippen molar-refractivity contribution in [2.24, 2.45) is 0 Å². The van der Waals surface area contributed by atoms with Gasteiger partial charge in [-0.1, -0.05) is 0 Å². The van der Waals surface area contributed by atoms with Crippen LogP contribution in [0.15, 0.2) is 66.7 Å². The van der Waals surface area contributed by atoms with Crippen LogP contribution < -0.4 is 4.74 Å². The van der Waals surface area contributed by atoms with Crippen molar-refractivity contribution in [2.45, 2.75) is 25.4 Å². The van der Waals surface area contributed by atoms with E-state index in [-0.39, 0.29) is 29.3 Å². The summed E-state index contributed by atoms with van der Waals surface area (Å²) in [7, 11) is 0. The predicted octanol–water partition coefficient (Wildman–Crippen LogP) is 6.21. The fraction of sp³-hybridized carbons (Fsp3) is 0.241. The summed E-state index contributed by atoms with van der Waals surface area (Å²) >= 11 is 7.11. The maximum atomic E-state index is 13.7. The van der Waals surface area contributed by atoms with E-state index >= 15 is 0 Å². The molecule has 8 heteroatoms. The van der Waals surface area contributed by atoms with Gasteiger partial charge in [0.15, 0.2) is 5.78 Å². The monoisotopic (exact) mass is 535 g/mol. The van der Waals surface area contributed by atoms with Crippen molar-refractivity contribution < 1.29 is 24.5 Å². The molecule has 5 rings (SSSR count). The summed E-state index contributed by atoms with van der Waals surface area (Å²) in [5.74, 6) is 1.26. The van der Waals surface area contributed by atoms with E-state index in [2.05, 4.69) is 0 Å². The van der Waals surface area contributed by atoms with Crippen molar-refractivity contribution in [1.29, 1.82) is 0 Å². The van der Waals surface area contributed by atoms with Gasteiger partial charge >= 0.3 is 0 Å². The Bertz CT molecular complexity index is 1420. The minimum atomic E-state index is -0.127. The van der Waals surface area contributed by atoms with Crippen molar-refractivity contribution in [1.82, 2.24) is 4.90 Å². The zero-order chi connectivity index (χ0) is 25.9. The average molecular weight is 536 g/mol. The van der Waals surface area contributed by atoms with E-state index < -0.39 is 0 Å². The molecule has 190 valence electrons. The van der Waals surface area contributed by atoms with Gasteiger partial charge in [-0.05, 0) is 72.3 Å². The maximum Gasteiger partial charge on any atom is 0.223 e. The number of fused-ring (bicyclic) bond motifs is 1. The Morgan fingerprint density at radius 2 is 1.62 bits per heavy atom. The lowest BCUT2D eigenvalue weighted by molar-refractivity contribution is -0.132. The molecule has 37 heavy (non-hydrogen) atoms. The lowest BCUT2D eigenvalue weighted by Crippen LogP contribution is -2.41. The first kappa shape index (κ1) is 25.1. The first-order chi connectivity index (χ1) is 17.9. The number of hydrogen-bond donors (Lipinski definition) is 2. The predicted molar refractivity (Wildman–Crippen MR) is 146 cm³/mol. The van der Waals surface area contributed by atoms with Gasteiger partial charge in [0.05, 0.1) is 0 Å². The van der Waals surface area contributed by atoms with E-state index in [9.17, 15) is 19.8 Å². The number of amides is 1. The third-order valence-electron chi connectivity index (χ3n) is 6.55. The van der Waals surface area contributed by atoms with E-state index in [1.54, 1.807) is 66.7 Å². The highest BCUT2D eigenvalue weighted by Crippen LogP contribution is 2.41. The fourth-order valence-corrected chi connectivity index (χ4v) is 6.01. The van der Waals surface area contributed by atoms with Crippen molar-refractivity contribution in [3.63, 3.8) is 0 Å². The third-order valence-corrected chi connectivity index (χ3v) is 7.94. The Hall–Kier alpha value is -3.55. The quantitative estimate of drug-likeness (QED) is 0.217. The number of benzene rings is 3. The maximum absolute atomic E-state index is 13.7. The molecule has 6 nitrogen and oxygen atoms in total. The summed E-state index contributed by atoms with van der Waals surface area (Å²) in [4.78, 5) is 28.4. The van der Waals surface area contributed by atoms with Gasteiger partial charge in [0.25, 0.3) is 0 Å². The van der Waals surface area contributed by atoms with E-state index in [1.165, 1.54) is 11.3 Å². The van der Waals surface area contributed by atoms with Crippen LogP contribution in [0.25, 0.3) is 20.5 Å². The number of alkyl halides is 1. The van der Waals surface area contributed by atoms with Gasteiger partial charge in [0, 0.05) is 64.3 Å². The Balaban J connectivity index is 1.35. The van der Waals surface area contributed by atoms with Crippen molar-refractivity contribution in [2.75, 3.05) is 19.0 Å². The van der Waals surface area contributed by atoms with Gasteiger partial charge in [0.2, 0.25) is 5.91 Å². The lowest BCUT2D eigenvalue weighted by Gasteiger charge is -2.32. The number of piperidine rings is 1. The molecule has 0 aliphatic carbocycles. The molecule has 3 aromatic carbocycles. The Kier molecular flexibility index (Phi) is 7.35. The number of carbonyl (C=O) groups is 2. The molecule has 4 aromatic rings. The van der Waals surface area contributed by atoms with E-state index in [1.807, 2.05) is 4.90 Å². The molecule has 0 unspecified atom stereocenters. The molecule has 1 saturated heterocycles. The van der Waals surface area contributed by atoms with Crippen molar-refractivity contribution in [3.05, 3.63) is 77.9 Å². The molecule has 1 fully saturated rings. The molecule has 0 spiro atoms. The normalized spacial score (nSPS) is 14.1. The Labute approximate surface area is 223 Å². The zero-order valence-electron chi connectivity index (χ0n) is 20.0. The second-order valence-electron chi connectivity index (χ2n) is 9.02. The molecule has 1 aromatic heterocycles. The number of hydrogen-bond acceptors (Lipinski definition) is 6. The molecule has 2 N–H and O–H groups in total. The summed E-state index contributed by atoms with van der Waals surface area (Å²) in [5, 5.41) is 20.5. The average Bonchev–Trinajstić information content (AvgIpc) is 3.28. The van der Waals surface area contributed by atoms with Crippen LogP contribution in [0.1, 0.15) is 35.2 Å². The number of rotatable bonds is 7. The number of ketones is 1. The summed E-state index contributed by atoms with van der Waals surface area (Å²) in [5.41, 5.74) is 1.91. The minimum Gasteiger partial charge on any atom is -0.508 e. The smallest absolute Gasteiger partial charge is 0.223 e. The van der Waals surface area contributed by atoms with Crippen LogP contribution in [0.3, 0.4) is 0 Å². The second-order valence-corrected chi connectivity index (χ2v) is 10.5. The van der Waals surface area contributed by atoms with Gasteiger partial charge in [-0.25, -0.2) is 0 Å². The van der Waals surface area contributed by atoms with Gasteiger partial charge in [-0.2, -0.15) is 0 Å². The van der Waals surface area contributed by atoms with Crippen molar-refractivity contribution in [3.8, 4) is 27.7 Å². The number of ether oxygens (including phenoxy) is 1. The van der Waals surface area contributed by atoms with Crippen molar-refractivity contribution >= 4 is 44.7 Å². The van der Waals surface area contributed by atoms with Gasteiger partial charge in [-0.3, -0.25) is 9.59 Å². The standard InChI is InChI=1S/C29H26ClNO5S/c30-14-11-26(34)31-15-12-23(13-16-31)36-22-8-3-18(4-9-22)28(35)27-24-10-7-21(33)17-25(24)37-29(27)19-1-5-20(32)6-2-19/h1-10,17,23,32-33H,11-16H2. The van der Waals surface area contributed by atoms with Crippen LogP contribution in [0.4, 0.5) is 0 Å². The Morgan fingerprint density at radius 1 is 0.946 bits per heavy atom. The van der Waals surface area contributed by atoms with Crippen LogP contribution in [0.5, 0.6) is 17.2 Å². The highest BCUT2D eigenvalue weighted by atomic mass is 35.5. The summed E-state index contributed by atoms with van der Waals surface area (Å²) < 4.78 is 6.94. The zero-order valence-corrected chi connectivity index (χ0v) is 21.6. The van der Waals surface area contributed by atoms with Crippen LogP contribution in [0, 0.1) is 0 Å². The molecule has 0 saturated carbocycles. The first-order valence-corrected chi connectivity index (χ1v) is 13.5. The number of carbonyl (C=O) groups excluding carboxylic acids is 2. The van der Waals surface area contributed by atoms with E-state index in [4.69, 9.17) is 16.3 Å². The fourth-order valence-electron chi connectivity index (χ4n) is 4.61. The molecular weight excluding hydrogens is 510 g/mol. The van der Waals surface area contributed by atoms with Gasteiger partial charge < -0.3 is 19.8 Å². The summed E-state index contributed by atoms with van der Waals surface area (Å²) in [6, 6.07) is 18.9. The van der Waals surface area contributed by atoms with Crippen LogP contribution >= 0.6 is 22.9 Å². The first-order valence-electron chi connectivity index (χ1n) is 12.1. The van der Waals surface area contributed by atoms with E-state index in [0.29, 0.717) is 42.3 Å². The number of phenols is 2. The molecule has 2 heterocycles. The third kappa shape index (κ3) is 5.43. The SMILES string of the molecule is O=C(c1ccc(OC2CCN(C(=O)CCCl)CC2)cc1)c1c(-c2ccc(O)cc2)sc2cc(O)ccc12. The molecule has 0 atom stereocenters. The number of aromatic hydroxyl groups is 2. The van der Waals surface area contributed by atoms with Crippen LogP contribution in [0.2, 0.25) is 0 Å². The molecular formula is C29H26ClNO5S. The number of nitrogens with zero attached hydrogens (tertiary/aromatic N) is 1. The van der Waals surface area contributed by atoms with Gasteiger partial charge in [-0.15, -0.1) is 22.9 Å². The largest absolute Gasteiger partial charge is 0.508 e. The summed E-state index contributed by atoms with van der Waals surface area (Å²) in [6.07, 6.45) is 1.87. The highest BCUT2D eigenvalue weighted by Gasteiger charge is 2.25.